The maximum absolute atomic E-state index is 12.7. The summed E-state index contributed by atoms with van der Waals surface area (Å²) in [5.74, 6) is 1.37. The quantitative estimate of drug-likeness (QED) is 0.368. The third-order valence-corrected chi connectivity index (χ3v) is 7.43. The summed E-state index contributed by atoms with van der Waals surface area (Å²) in [5.41, 5.74) is 2.62. The molecule has 0 saturated carbocycles. The number of Topliss-reactive ketones (excluding diaryl/α,β-unsaturated/α-hetero) is 1. The van der Waals surface area contributed by atoms with Crippen LogP contribution in [0.4, 0.5) is 5.69 Å². The zero-order valence-corrected chi connectivity index (χ0v) is 19.5. The maximum Gasteiger partial charge on any atom is 0.228 e. The number of benzene rings is 2. The van der Waals surface area contributed by atoms with E-state index in [4.69, 9.17) is 4.74 Å². The number of carbonyl (C=O) groups is 2. The van der Waals surface area contributed by atoms with E-state index in [0.717, 1.165) is 34.6 Å². The SMILES string of the molecule is COc1ccc(N2CCN(C(=O)Cc3csc(SCC(=O)c4ccccc4)n3)CC2)cc1. The second-order valence-corrected chi connectivity index (χ2v) is 9.51. The molecule has 6 nitrogen and oxygen atoms in total. The summed E-state index contributed by atoms with van der Waals surface area (Å²) in [6.45, 7) is 3.00. The molecule has 1 aromatic heterocycles. The molecule has 4 rings (SSSR count). The van der Waals surface area contributed by atoms with Crippen molar-refractivity contribution in [1.29, 1.82) is 0 Å². The number of carbonyl (C=O) groups excluding carboxylic acids is 2. The fraction of sp³-hybridized carbons (Fsp3) is 0.292. The minimum absolute atomic E-state index is 0.0816. The number of anilines is 1. The summed E-state index contributed by atoms with van der Waals surface area (Å²) >= 11 is 2.91. The van der Waals surface area contributed by atoms with Crippen molar-refractivity contribution in [2.24, 2.45) is 0 Å². The Balaban J connectivity index is 1.24. The lowest BCUT2D eigenvalue weighted by molar-refractivity contribution is -0.130. The molecule has 0 bridgehead atoms. The van der Waals surface area contributed by atoms with Crippen LogP contribution in [-0.2, 0) is 11.2 Å². The first-order valence-corrected chi connectivity index (χ1v) is 12.3. The number of amides is 1. The van der Waals surface area contributed by atoms with Gasteiger partial charge in [-0.25, -0.2) is 4.98 Å². The predicted molar refractivity (Wildman–Crippen MR) is 129 cm³/mol. The van der Waals surface area contributed by atoms with Crippen molar-refractivity contribution in [3.05, 3.63) is 71.2 Å². The number of hydrogen-bond donors (Lipinski definition) is 0. The lowest BCUT2D eigenvalue weighted by Gasteiger charge is -2.36. The fourth-order valence-corrected chi connectivity index (χ4v) is 5.28. The zero-order chi connectivity index (χ0) is 22.3. The van der Waals surface area contributed by atoms with Crippen LogP contribution in [0.15, 0.2) is 64.3 Å². The van der Waals surface area contributed by atoms with Gasteiger partial charge in [0.15, 0.2) is 10.1 Å². The van der Waals surface area contributed by atoms with E-state index in [1.54, 1.807) is 7.11 Å². The molecule has 1 aliphatic heterocycles. The third kappa shape index (κ3) is 5.69. The van der Waals surface area contributed by atoms with Crippen LogP contribution in [0.1, 0.15) is 16.1 Å². The third-order valence-electron chi connectivity index (χ3n) is 5.36. The Morgan fingerprint density at radius 2 is 1.75 bits per heavy atom. The van der Waals surface area contributed by atoms with E-state index in [-0.39, 0.29) is 11.7 Å². The second kappa shape index (κ2) is 10.7. The van der Waals surface area contributed by atoms with E-state index in [0.29, 0.717) is 30.8 Å². The van der Waals surface area contributed by atoms with Gasteiger partial charge in [-0.2, -0.15) is 0 Å². The van der Waals surface area contributed by atoms with E-state index in [9.17, 15) is 9.59 Å². The van der Waals surface area contributed by atoms with E-state index < -0.39 is 0 Å². The monoisotopic (exact) mass is 467 g/mol. The van der Waals surface area contributed by atoms with Crippen LogP contribution in [0.5, 0.6) is 5.75 Å². The highest BCUT2D eigenvalue weighted by Crippen LogP contribution is 2.25. The first kappa shape index (κ1) is 22.4. The van der Waals surface area contributed by atoms with E-state index in [1.165, 1.54) is 23.1 Å². The molecule has 0 N–H and O–H groups in total. The Bertz CT molecular complexity index is 1050. The number of thioether (sulfide) groups is 1. The van der Waals surface area contributed by atoms with Gasteiger partial charge in [-0.15, -0.1) is 11.3 Å². The van der Waals surface area contributed by atoms with Gasteiger partial charge in [-0.3, -0.25) is 9.59 Å². The minimum atomic E-state index is 0.0816. The average Bonchev–Trinajstić information content (AvgIpc) is 3.30. The smallest absolute Gasteiger partial charge is 0.228 e. The van der Waals surface area contributed by atoms with Crippen molar-refractivity contribution in [3.8, 4) is 5.75 Å². The molecule has 166 valence electrons. The number of rotatable bonds is 8. The fourth-order valence-electron chi connectivity index (χ4n) is 3.54. The predicted octanol–water partition coefficient (Wildman–Crippen LogP) is 4.02. The molecule has 0 atom stereocenters. The number of piperazine rings is 1. The molecule has 1 fully saturated rings. The van der Waals surface area contributed by atoms with Crippen molar-refractivity contribution in [1.82, 2.24) is 9.88 Å². The summed E-state index contributed by atoms with van der Waals surface area (Å²) in [6.07, 6.45) is 0.298. The van der Waals surface area contributed by atoms with Gasteiger partial charge in [0.05, 0.1) is 25.0 Å². The maximum atomic E-state index is 12.7. The molecular weight excluding hydrogens is 442 g/mol. The number of aromatic nitrogens is 1. The highest BCUT2D eigenvalue weighted by Gasteiger charge is 2.22. The van der Waals surface area contributed by atoms with Crippen molar-refractivity contribution in [3.63, 3.8) is 0 Å². The van der Waals surface area contributed by atoms with E-state index >= 15 is 0 Å². The molecule has 3 aromatic rings. The Hall–Kier alpha value is -2.84. The molecule has 0 spiro atoms. The number of thiazole rings is 1. The molecule has 1 aliphatic rings. The highest BCUT2D eigenvalue weighted by molar-refractivity contribution is 8.01. The lowest BCUT2D eigenvalue weighted by atomic mass is 10.2. The minimum Gasteiger partial charge on any atom is -0.497 e. The van der Waals surface area contributed by atoms with Gasteiger partial charge in [0.2, 0.25) is 5.91 Å². The van der Waals surface area contributed by atoms with Gasteiger partial charge in [0.1, 0.15) is 5.75 Å². The number of hydrogen-bond acceptors (Lipinski definition) is 7. The summed E-state index contributed by atoms with van der Waals surface area (Å²) in [5, 5.41) is 1.92. The van der Waals surface area contributed by atoms with Crippen LogP contribution < -0.4 is 9.64 Å². The van der Waals surface area contributed by atoms with Gasteiger partial charge in [0, 0.05) is 42.8 Å². The van der Waals surface area contributed by atoms with Crippen LogP contribution in [0.25, 0.3) is 0 Å². The molecule has 2 heterocycles. The molecule has 2 aromatic carbocycles. The number of ether oxygens (including phenoxy) is 1. The van der Waals surface area contributed by atoms with Crippen molar-refractivity contribution < 1.29 is 14.3 Å². The summed E-state index contributed by atoms with van der Waals surface area (Å²) in [7, 11) is 1.66. The molecule has 32 heavy (non-hydrogen) atoms. The van der Waals surface area contributed by atoms with Crippen LogP contribution >= 0.6 is 23.1 Å². The van der Waals surface area contributed by atoms with Crippen molar-refractivity contribution >= 4 is 40.5 Å². The van der Waals surface area contributed by atoms with Crippen molar-refractivity contribution in [2.45, 2.75) is 10.8 Å². The first-order valence-electron chi connectivity index (χ1n) is 10.4. The van der Waals surface area contributed by atoms with Gasteiger partial charge in [0.25, 0.3) is 0 Å². The normalized spacial score (nSPS) is 13.8. The molecular formula is C24H25N3O3S2. The molecule has 8 heteroatoms. The van der Waals surface area contributed by atoms with Crippen molar-refractivity contribution in [2.75, 3.05) is 43.9 Å². The average molecular weight is 468 g/mol. The molecule has 1 amide bonds. The zero-order valence-electron chi connectivity index (χ0n) is 17.9. The largest absolute Gasteiger partial charge is 0.497 e. The summed E-state index contributed by atoms with van der Waals surface area (Å²) in [6, 6.07) is 17.3. The number of methoxy groups -OCH3 is 1. The Morgan fingerprint density at radius 3 is 2.44 bits per heavy atom. The Kier molecular flexibility index (Phi) is 7.44. The number of nitrogens with zero attached hydrogens (tertiary/aromatic N) is 3. The van der Waals surface area contributed by atoms with E-state index in [2.05, 4.69) is 9.88 Å². The number of ketones is 1. The topological polar surface area (TPSA) is 62.7 Å². The van der Waals surface area contributed by atoms with E-state index in [1.807, 2.05) is 64.9 Å². The van der Waals surface area contributed by atoms with Gasteiger partial charge < -0.3 is 14.5 Å². The van der Waals surface area contributed by atoms with Gasteiger partial charge in [-0.1, -0.05) is 42.1 Å². The summed E-state index contributed by atoms with van der Waals surface area (Å²) in [4.78, 5) is 33.7. The lowest BCUT2D eigenvalue weighted by Crippen LogP contribution is -2.49. The van der Waals surface area contributed by atoms with Crippen LogP contribution in [0.2, 0.25) is 0 Å². The molecule has 0 aliphatic carbocycles. The van der Waals surface area contributed by atoms with Crippen LogP contribution in [0.3, 0.4) is 0 Å². The van der Waals surface area contributed by atoms with Gasteiger partial charge in [-0.05, 0) is 24.3 Å². The van der Waals surface area contributed by atoms with Crippen LogP contribution in [-0.4, -0.2) is 60.6 Å². The Labute approximate surface area is 196 Å². The molecule has 0 unspecified atom stereocenters. The standard InChI is InChI=1S/C24H25N3O3S2/c1-30-21-9-7-20(8-10-21)26-11-13-27(14-12-26)23(29)15-19-16-31-24(25-19)32-17-22(28)18-5-3-2-4-6-18/h2-10,16H,11-15,17H2,1H3. The second-order valence-electron chi connectivity index (χ2n) is 7.43. The summed E-state index contributed by atoms with van der Waals surface area (Å²) < 4.78 is 6.04. The molecule has 0 radical (unpaired) electrons. The first-order chi connectivity index (χ1) is 15.6. The van der Waals surface area contributed by atoms with Crippen LogP contribution in [0, 0.1) is 0 Å². The highest BCUT2D eigenvalue weighted by atomic mass is 32.2. The van der Waals surface area contributed by atoms with Gasteiger partial charge >= 0.3 is 0 Å². The Morgan fingerprint density at radius 1 is 1.03 bits per heavy atom. The molecule has 1 saturated heterocycles.